The fourth-order valence-corrected chi connectivity index (χ4v) is 5.11. The van der Waals surface area contributed by atoms with Crippen LogP contribution in [0.5, 0.6) is 0 Å². The number of rotatable bonds is 8. The zero-order valence-corrected chi connectivity index (χ0v) is 18.6. The van der Waals surface area contributed by atoms with Gasteiger partial charge in [0.25, 0.3) is 5.91 Å². The van der Waals surface area contributed by atoms with E-state index in [-0.39, 0.29) is 27.2 Å². The van der Waals surface area contributed by atoms with Crippen molar-refractivity contribution in [1.82, 2.24) is 4.98 Å². The number of hydrogen-bond donors (Lipinski definition) is 2. The summed E-state index contributed by atoms with van der Waals surface area (Å²) in [5.41, 5.74) is 5.81. The molecule has 13 heteroatoms. The van der Waals surface area contributed by atoms with Gasteiger partial charge in [-0.1, -0.05) is 35.1 Å². The predicted molar refractivity (Wildman–Crippen MR) is 118 cm³/mol. The van der Waals surface area contributed by atoms with Crippen molar-refractivity contribution in [3.63, 3.8) is 0 Å². The molecule has 168 valence electrons. The lowest BCUT2D eigenvalue weighted by Gasteiger charge is -2.15. The summed E-state index contributed by atoms with van der Waals surface area (Å²) in [7, 11) is -3.77. The van der Waals surface area contributed by atoms with Crippen LogP contribution in [0.2, 0.25) is 5.02 Å². The maximum atomic E-state index is 12.9. The molecule has 0 bridgehead atoms. The minimum atomic E-state index is -3.77. The Kier molecular flexibility index (Phi) is 7.09. The van der Waals surface area contributed by atoms with E-state index in [9.17, 15) is 22.8 Å². The van der Waals surface area contributed by atoms with Crippen molar-refractivity contribution in [2.45, 2.75) is 4.90 Å². The Morgan fingerprint density at radius 2 is 1.91 bits per heavy atom. The van der Waals surface area contributed by atoms with Crippen LogP contribution in [0.1, 0.15) is 10.4 Å². The van der Waals surface area contributed by atoms with Crippen LogP contribution in [0.3, 0.4) is 0 Å². The Labute approximate surface area is 191 Å². The number of ether oxygens (including phenoxy) is 1. The van der Waals surface area contributed by atoms with Crippen molar-refractivity contribution >= 4 is 66.0 Å². The number of halogens is 1. The summed E-state index contributed by atoms with van der Waals surface area (Å²) >= 11 is 6.95. The third-order valence-corrected chi connectivity index (χ3v) is 7.16. The quantitative estimate of drug-likeness (QED) is 0.449. The molecule has 0 saturated carbocycles. The number of hydrogen-bond acceptors (Lipinski definition) is 8. The van der Waals surface area contributed by atoms with Crippen molar-refractivity contribution < 1.29 is 32.6 Å². The summed E-state index contributed by atoms with van der Waals surface area (Å²) in [5.74, 6) is -2.40. The summed E-state index contributed by atoms with van der Waals surface area (Å²) in [5, 5.41) is 8.63. The molecule has 0 saturated heterocycles. The zero-order chi connectivity index (χ0) is 23.5. The Morgan fingerprint density at radius 1 is 1.19 bits per heavy atom. The van der Waals surface area contributed by atoms with Crippen LogP contribution in [0.25, 0.3) is 10.2 Å². The number of nitrogens with zero attached hydrogens (tertiary/aromatic N) is 2. The molecule has 3 aromatic rings. The molecular formula is C19H16ClN3O7S2. The Bertz CT molecular complexity index is 1310. The van der Waals surface area contributed by atoms with Gasteiger partial charge >= 0.3 is 12.0 Å². The van der Waals surface area contributed by atoms with E-state index >= 15 is 0 Å². The lowest BCUT2D eigenvalue weighted by molar-refractivity contribution is -0.142. The second-order valence-electron chi connectivity index (χ2n) is 6.35. The van der Waals surface area contributed by atoms with E-state index in [4.69, 9.17) is 27.2 Å². The number of primary amides is 1. The van der Waals surface area contributed by atoms with Crippen molar-refractivity contribution in [3.8, 4) is 0 Å². The van der Waals surface area contributed by atoms with Crippen molar-refractivity contribution in [2.24, 2.45) is 5.73 Å². The summed E-state index contributed by atoms with van der Waals surface area (Å²) in [4.78, 5) is 40.2. The number of amides is 3. The largest absolute Gasteiger partial charge is 0.480 e. The van der Waals surface area contributed by atoms with Gasteiger partial charge < -0.3 is 15.6 Å². The number of carbonyl (C=O) groups is 3. The van der Waals surface area contributed by atoms with Crippen LogP contribution in [0.15, 0.2) is 47.4 Å². The van der Waals surface area contributed by atoms with Gasteiger partial charge in [0.15, 0.2) is 9.84 Å². The van der Waals surface area contributed by atoms with E-state index in [1.807, 2.05) is 0 Å². The van der Waals surface area contributed by atoms with Gasteiger partial charge in [0.1, 0.15) is 6.61 Å². The molecule has 0 aliphatic rings. The average Bonchev–Trinajstić information content (AvgIpc) is 3.13. The number of benzene rings is 2. The second kappa shape index (κ2) is 9.61. The number of carbonyl (C=O) groups excluding carboxylic acids is 2. The van der Waals surface area contributed by atoms with Gasteiger partial charge in [0.05, 0.1) is 38.1 Å². The molecule has 0 radical (unpaired) electrons. The van der Waals surface area contributed by atoms with Gasteiger partial charge in [-0.25, -0.2) is 27.9 Å². The number of carboxylic acid groups (broad SMARTS) is 1. The number of urea groups is 1. The number of aromatic nitrogens is 1. The molecular weight excluding hydrogens is 482 g/mol. The highest BCUT2D eigenvalue weighted by atomic mass is 35.5. The third kappa shape index (κ3) is 5.22. The maximum Gasteiger partial charge on any atom is 0.329 e. The molecule has 0 fully saturated rings. The number of carboxylic acids is 1. The standard InChI is InChI=1S/C19H16ClN3O7S2/c20-13-4-2-1-3-12(13)17(26)23(18(21)27)19-22-14-6-5-11(9-15(14)31-19)32(28,29)8-7-30-10-16(24)25/h1-6,9H,7-8,10H2,(H2,21,27)(H,24,25). The van der Waals surface area contributed by atoms with Gasteiger partial charge in [-0.3, -0.25) is 4.79 Å². The van der Waals surface area contributed by atoms with E-state index in [0.717, 1.165) is 11.3 Å². The van der Waals surface area contributed by atoms with Crippen LogP contribution in [0, 0.1) is 0 Å². The molecule has 0 aliphatic carbocycles. The second-order valence-corrected chi connectivity index (χ2v) is 9.88. The van der Waals surface area contributed by atoms with Gasteiger partial charge in [-0.15, -0.1) is 0 Å². The van der Waals surface area contributed by atoms with Gasteiger partial charge in [-0.05, 0) is 30.3 Å². The lowest BCUT2D eigenvalue weighted by Crippen LogP contribution is -2.41. The van der Waals surface area contributed by atoms with Crippen LogP contribution < -0.4 is 10.6 Å². The maximum absolute atomic E-state index is 12.9. The fourth-order valence-electron chi connectivity index (χ4n) is 2.66. The Balaban J connectivity index is 1.90. The number of sulfone groups is 1. The molecule has 1 heterocycles. The SMILES string of the molecule is NC(=O)N(C(=O)c1ccccc1Cl)c1nc2ccc(S(=O)(=O)CCOCC(=O)O)cc2s1. The molecule has 0 aliphatic heterocycles. The fraction of sp³-hybridized carbons (Fsp3) is 0.158. The predicted octanol–water partition coefficient (Wildman–Crippen LogP) is 2.55. The van der Waals surface area contributed by atoms with Crippen molar-refractivity contribution in [3.05, 3.63) is 53.1 Å². The van der Waals surface area contributed by atoms with Gasteiger partial charge in [0, 0.05) is 0 Å². The first kappa shape index (κ1) is 23.6. The molecule has 1 aromatic heterocycles. The van der Waals surface area contributed by atoms with Crippen LogP contribution in [-0.4, -0.2) is 55.4 Å². The zero-order valence-electron chi connectivity index (χ0n) is 16.2. The highest BCUT2D eigenvalue weighted by Gasteiger charge is 2.28. The molecule has 10 nitrogen and oxygen atoms in total. The lowest BCUT2D eigenvalue weighted by atomic mass is 10.2. The van der Waals surface area contributed by atoms with E-state index in [2.05, 4.69) is 4.98 Å². The Morgan fingerprint density at radius 3 is 2.56 bits per heavy atom. The normalized spacial score (nSPS) is 11.4. The summed E-state index contributed by atoms with van der Waals surface area (Å²) < 4.78 is 30.2. The topological polar surface area (TPSA) is 157 Å². The number of anilines is 1. The smallest absolute Gasteiger partial charge is 0.329 e. The first-order valence-electron chi connectivity index (χ1n) is 8.91. The average molecular weight is 498 g/mol. The summed E-state index contributed by atoms with van der Waals surface area (Å²) in [6, 6.07) is 9.16. The van der Waals surface area contributed by atoms with E-state index < -0.39 is 40.1 Å². The number of fused-ring (bicyclic) bond motifs is 1. The monoisotopic (exact) mass is 497 g/mol. The molecule has 0 spiro atoms. The molecule has 0 unspecified atom stereocenters. The number of nitrogens with two attached hydrogens (primary N) is 1. The van der Waals surface area contributed by atoms with E-state index in [1.54, 1.807) is 12.1 Å². The molecule has 3 rings (SSSR count). The first-order chi connectivity index (χ1) is 15.1. The van der Waals surface area contributed by atoms with E-state index in [0.29, 0.717) is 15.1 Å². The summed E-state index contributed by atoms with van der Waals surface area (Å²) in [6.45, 7) is -0.891. The summed E-state index contributed by atoms with van der Waals surface area (Å²) in [6.07, 6.45) is 0. The number of thiazole rings is 1. The van der Waals surface area contributed by atoms with Crippen molar-refractivity contribution in [1.29, 1.82) is 0 Å². The Hall–Kier alpha value is -3.06. The highest BCUT2D eigenvalue weighted by Crippen LogP contribution is 2.32. The molecule has 0 atom stereocenters. The van der Waals surface area contributed by atoms with E-state index in [1.165, 1.54) is 30.3 Å². The van der Waals surface area contributed by atoms with Crippen LogP contribution in [0.4, 0.5) is 9.93 Å². The molecule has 3 N–H and O–H groups in total. The molecule has 32 heavy (non-hydrogen) atoms. The third-order valence-electron chi connectivity index (χ3n) is 4.15. The van der Waals surface area contributed by atoms with Crippen molar-refractivity contribution in [2.75, 3.05) is 23.9 Å². The number of aliphatic carboxylic acids is 1. The minimum Gasteiger partial charge on any atom is -0.480 e. The van der Waals surface area contributed by atoms with Gasteiger partial charge in [0.2, 0.25) is 5.13 Å². The minimum absolute atomic E-state index is 0.0396. The molecule has 3 amide bonds. The molecule has 2 aromatic carbocycles. The highest BCUT2D eigenvalue weighted by molar-refractivity contribution is 7.91. The van der Waals surface area contributed by atoms with Crippen LogP contribution >= 0.6 is 22.9 Å². The van der Waals surface area contributed by atoms with Crippen LogP contribution in [-0.2, 0) is 19.4 Å². The van der Waals surface area contributed by atoms with Gasteiger partial charge in [-0.2, -0.15) is 0 Å². The number of imide groups is 1. The first-order valence-corrected chi connectivity index (χ1v) is 11.8.